The molecule has 0 fully saturated rings. The molecule has 1 heterocycles. The van der Waals surface area contributed by atoms with Crippen LogP contribution in [0.2, 0.25) is 0 Å². The Bertz CT molecular complexity index is 384. The molecule has 1 aromatic carbocycles. The van der Waals surface area contributed by atoms with E-state index >= 15 is 0 Å². The average molecular weight is 148 g/mol. The van der Waals surface area contributed by atoms with Gasteiger partial charge in [0.2, 0.25) is 0 Å². The monoisotopic (exact) mass is 148 g/mol. The third kappa shape index (κ3) is 0.861. The predicted octanol–water partition coefficient (Wildman–Crippen LogP) is 0.125. The highest BCUT2D eigenvalue weighted by molar-refractivity contribution is 5.79. The maximum Gasteiger partial charge on any atom is 0.157 e. The number of nitrogens with zero attached hydrogens (tertiary/aromatic N) is 4. The number of phenolic OH excluding ortho intramolecular Hbond substituents is 1. The van der Waals surface area contributed by atoms with Crippen molar-refractivity contribution in [1.29, 1.82) is 0 Å². The molecule has 1 aromatic heterocycles. The summed E-state index contributed by atoms with van der Waals surface area (Å²) in [7, 11) is 0. The number of phenols is 1. The molecule has 0 aliphatic rings. The standard InChI is InChI=1S/C6H4N4O/c11-5-3-1-2-4-6(5)8-10-9-7-4/h1-3,11H. The predicted molar refractivity (Wildman–Crippen MR) is 36.8 cm³/mol. The van der Waals surface area contributed by atoms with Crippen LogP contribution in [0.15, 0.2) is 18.2 Å². The van der Waals surface area contributed by atoms with Gasteiger partial charge in [0.15, 0.2) is 5.52 Å². The second-order valence-electron chi connectivity index (χ2n) is 2.02. The maximum absolute atomic E-state index is 9.20. The van der Waals surface area contributed by atoms with Crippen LogP contribution in [0.3, 0.4) is 0 Å². The molecule has 1 N–H and O–H groups in total. The van der Waals surface area contributed by atoms with Gasteiger partial charge in [0, 0.05) is 0 Å². The van der Waals surface area contributed by atoms with E-state index in [1.54, 1.807) is 12.1 Å². The van der Waals surface area contributed by atoms with E-state index in [4.69, 9.17) is 0 Å². The van der Waals surface area contributed by atoms with Crippen LogP contribution in [0, 0.1) is 0 Å². The molecule has 11 heavy (non-hydrogen) atoms. The van der Waals surface area contributed by atoms with E-state index in [-0.39, 0.29) is 5.75 Å². The van der Waals surface area contributed by atoms with Gasteiger partial charge in [-0.15, -0.1) is 10.2 Å². The molecule has 0 aliphatic carbocycles. The van der Waals surface area contributed by atoms with E-state index in [0.29, 0.717) is 11.0 Å². The maximum atomic E-state index is 9.20. The lowest BCUT2D eigenvalue weighted by Crippen LogP contribution is -1.91. The molecule has 0 saturated heterocycles. The Labute approximate surface area is 61.7 Å². The number of hydrogen-bond acceptors (Lipinski definition) is 5. The van der Waals surface area contributed by atoms with Crippen molar-refractivity contribution in [3.63, 3.8) is 0 Å². The number of aromatic nitrogens is 4. The molecule has 5 heteroatoms. The van der Waals surface area contributed by atoms with Crippen LogP contribution < -0.4 is 0 Å². The summed E-state index contributed by atoms with van der Waals surface area (Å²) in [6.45, 7) is 0. The van der Waals surface area contributed by atoms with Crippen molar-refractivity contribution in [2.45, 2.75) is 0 Å². The zero-order valence-corrected chi connectivity index (χ0v) is 5.47. The van der Waals surface area contributed by atoms with Crippen molar-refractivity contribution in [2.24, 2.45) is 0 Å². The summed E-state index contributed by atoms with van der Waals surface area (Å²) in [5.41, 5.74) is 0.919. The van der Waals surface area contributed by atoms with Gasteiger partial charge in [0.05, 0.1) is 0 Å². The van der Waals surface area contributed by atoms with Crippen LogP contribution >= 0.6 is 0 Å². The molecule has 0 radical (unpaired) electrons. The van der Waals surface area contributed by atoms with E-state index in [1.807, 2.05) is 0 Å². The minimum absolute atomic E-state index is 0.0740. The average Bonchev–Trinajstić information content (AvgIpc) is 2.06. The zero-order valence-electron chi connectivity index (χ0n) is 5.47. The van der Waals surface area contributed by atoms with E-state index in [0.717, 1.165) is 0 Å². The molecule has 0 unspecified atom stereocenters. The van der Waals surface area contributed by atoms with Crippen LogP contribution in [0.5, 0.6) is 5.75 Å². The lowest BCUT2D eigenvalue weighted by atomic mass is 10.3. The third-order valence-electron chi connectivity index (χ3n) is 1.33. The van der Waals surface area contributed by atoms with Gasteiger partial charge in [-0.1, -0.05) is 6.07 Å². The van der Waals surface area contributed by atoms with Gasteiger partial charge in [-0.05, 0) is 22.6 Å². The van der Waals surface area contributed by atoms with Crippen molar-refractivity contribution in [2.75, 3.05) is 0 Å². The van der Waals surface area contributed by atoms with Crippen molar-refractivity contribution in [3.05, 3.63) is 18.2 Å². The molecule has 0 spiro atoms. The normalized spacial score (nSPS) is 10.2. The van der Waals surface area contributed by atoms with E-state index in [1.165, 1.54) is 6.07 Å². The van der Waals surface area contributed by atoms with Crippen LogP contribution in [0.1, 0.15) is 0 Å². The van der Waals surface area contributed by atoms with Crippen molar-refractivity contribution < 1.29 is 5.11 Å². The van der Waals surface area contributed by atoms with E-state index < -0.39 is 0 Å². The summed E-state index contributed by atoms with van der Waals surface area (Å²) in [6.07, 6.45) is 0. The summed E-state index contributed by atoms with van der Waals surface area (Å²) in [5.74, 6) is 0.0740. The van der Waals surface area contributed by atoms with Crippen LogP contribution in [-0.4, -0.2) is 25.7 Å². The Morgan fingerprint density at radius 3 is 2.73 bits per heavy atom. The molecule has 0 aliphatic heterocycles. The summed E-state index contributed by atoms with van der Waals surface area (Å²) in [4.78, 5) is 0. The fourth-order valence-electron chi connectivity index (χ4n) is 0.836. The smallest absolute Gasteiger partial charge is 0.157 e. The first-order chi connectivity index (χ1) is 5.38. The first-order valence-corrected chi connectivity index (χ1v) is 3.01. The number of aromatic hydroxyl groups is 1. The molecular formula is C6H4N4O. The van der Waals surface area contributed by atoms with E-state index in [2.05, 4.69) is 20.6 Å². The summed E-state index contributed by atoms with van der Waals surface area (Å²) < 4.78 is 0. The summed E-state index contributed by atoms with van der Waals surface area (Å²) in [6, 6.07) is 4.91. The lowest BCUT2D eigenvalue weighted by molar-refractivity contribution is 0.479. The second kappa shape index (κ2) is 2.12. The van der Waals surface area contributed by atoms with Gasteiger partial charge >= 0.3 is 0 Å². The topological polar surface area (TPSA) is 71.8 Å². The Kier molecular flexibility index (Phi) is 1.15. The van der Waals surface area contributed by atoms with Crippen molar-refractivity contribution in [3.8, 4) is 5.75 Å². The van der Waals surface area contributed by atoms with Gasteiger partial charge in [0.1, 0.15) is 11.3 Å². The Hall–Kier alpha value is -1.78. The van der Waals surface area contributed by atoms with Crippen LogP contribution in [-0.2, 0) is 0 Å². The fraction of sp³-hybridized carbons (Fsp3) is 0. The molecule has 0 atom stereocenters. The van der Waals surface area contributed by atoms with Crippen LogP contribution in [0.4, 0.5) is 0 Å². The molecule has 0 bridgehead atoms. The highest BCUT2D eigenvalue weighted by Crippen LogP contribution is 2.17. The SMILES string of the molecule is Oc1cccc2nnnnc12. The Balaban J connectivity index is 2.91. The summed E-state index contributed by atoms with van der Waals surface area (Å²) >= 11 is 0. The lowest BCUT2D eigenvalue weighted by Gasteiger charge is -1.93. The highest BCUT2D eigenvalue weighted by atomic mass is 16.3. The number of rotatable bonds is 0. The molecule has 0 saturated carbocycles. The first kappa shape index (κ1) is 5.96. The number of hydrogen-bond donors (Lipinski definition) is 1. The molecule has 5 nitrogen and oxygen atoms in total. The molecule has 2 aromatic rings. The first-order valence-electron chi connectivity index (χ1n) is 3.01. The Morgan fingerprint density at radius 2 is 1.91 bits per heavy atom. The zero-order chi connectivity index (χ0) is 7.68. The van der Waals surface area contributed by atoms with Gasteiger partial charge in [-0.25, -0.2) is 0 Å². The van der Waals surface area contributed by atoms with Crippen molar-refractivity contribution >= 4 is 11.0 Å². The van der Waals surface area contributed by atoms with Crippen LogP contribution in [0.25, 0.3) is 11.0 Å². The quantitative estimate of drug-likeness (QED) is 0.574. The number of fused-ring (bicyclic) bond motifs is 1. The van der Waals surface area contributed by atoms with E-state index in [9.17, 15) is 5.11 Å². The molecule has 54 valence electrons. The molecular weight excluding hydrogens is 144 g/mol. The minimum atomic E-state index is 0.0740. The fourth-order valence-corrected chi connectivity index (χ4v) is 0.836. The molecule has 0 amide bonds. The highest BCUT2D eigenvalue weighted by Gasteiger charge is 1.99. The van der Waals surface area contributed by atoms with Gasteiger partial charge in [-0.2, -0.15) is 0 Å². The van der Waals surface area contributed by atoms with Gasteiger partial charge in [-0.3, -0.25) is 0 Å². The molecule has 2 rings (SSSR count). The number of benzene rings is 1. The van der Waals surface area contributed by atoms with Gasteiger partial charge < -0.3 is 5.11 Å². The second-order valence-corrected chi connectivity index (χ2v) is 2.02. The third-order valence-corrected chi connectivity index (χ3v) is 1.33. The largest absolute Gasteiger partial charge is 0.506 e. The minimum Gasteiger partial charge on any atom is -0.506 e. The van der Waals surface area contributed by atoms with Gasteiger partial charge in [0.25, 0.3) is 0 Å². The summed E-state index contributed by atoms with van der Waals surface area (Å²) in [5, 5.41) is 23.1. The Morgan fingerprint density at radius 1 is 1.09 bits per heavy atom. The van der Waals surface area contributed by atoms with Crippen molar-refractivity contribution in [1.82, 2.24) is 20.6 Å².